The van der Waals surface area contributed by atoms with Gasteiger partial charge < -0.3 is 9.47 Å². The monoisotopic (exact) mass is 372 g/mol. The number of fused-ring (bicyclic) bond motifs is 5. The van der Waals surface area contributed by atoms with Gasteiger partial charge in [-0.2, -0.15) is 0 Å². The van der Waals surface area contributed by atoms with Crippen LogP contribution in [0.5, 0.6) is 0 Å². The second-order valence-corrected chi connectivity index (χ2v) is 10.5. The predicted molar refractivity (Wildman–Crippen MR) is 105 cm³/mol. The Morgan fingerprint density at radius 2 is 1.85 bits per heavy atom. The number of ether oxygens (including phenoxy) is 2. The van der Waals surface area contributed by atoms with Crippen LogP contribution in [0.2, 0.25) is 0 Å². The van der Waals surface area contributed by atoms with E-state index in [0.717, 1.165) is 57.0 Å². The summed E-state index contributed by atoms with van der Waals surface area (Å²) in [7, 11) is 0. The summed E-state index contributed by atoms with van der Waals surface area (Å²) in [6, 6.07) is 0. The van der Waals surface area contributed by atoms with Crippen molar-refractivity contribution in [1.82, 2.24) is 0 Å². The number of carbonyl (C=O) groups excluding carboxylic acids is 1. The number of hydrogen-bond donors (Lipinski definition) is 0. The van der Waals surface area contributed by atoms with Gasteiger partial charge in [-0.25, -0.2) is 0 Å². The van der Waals surface area contributed by atoms with E-state index in [0.29, 0.717) is 23.2 Å². The van der Waals surface area contributed by atoms with Gasteiger partial charge >= 0.3 is 0 Å². The minimum absolute atomic E-state index is 0.0124. The maximum absolute atomic E-state index is 12.6. The van der Waals surface area contributed by atoms with E-state index in [1.54, 1.807) is 5.57 Å². The van der Waals surface area contributed by atoms with Crippen molar-refractivity contribution in [3.63, 3.8) is 0 Å². The first-order valence-electron chi connectivity index (χ1n) is 11.5. The average Bonchev–Trinajstić information content (AvgIpc) is 2.98. The van der Waals surface area contributed by atoms with Crippen molar-refractivity contribution < 1.29 is 14.3 Å². The lowest BCUT2D eigenvalue weighted by Crippen LogP contribution is -2.50. The van der Waals surface area contributed by atoms with E-state index in [-0.39, 0.29) is 11.7 Å². The second kappa shape index (κ2) is 6.69. The van der Waals surface area contributed by atoms with Crippen LogP contribution in [0.15, 0.2) is 11.6 Å². The molecule has 3 nitrogen and oxygen atoms in total. The van der Waals surface area contributed by atoms with E-state index < -0.39 is 0 Å². The summed E-state index contributed by atoms with van der Waals surface area (Å²) in [5, 5.41) is 0. The summed E-state index contributed by atoms with van der Waals surface area (Å²) < 4.78 is 12.2. The second-order valence-electron chi connectivity index (χ2n) is 10.5. The SMILES string of the molecule is C[C@]12CC[C@H](O[C@H]3CCCCO3)CC1=CC[C@@H]1[C@@H]2CC[C@]2(C)C(=O)CC[C@@H]12. The molecule has 0 amide bonds. The van der Waals surface area contributed by atoms with E-state index in [9.17, 15) is 4.79 Å². The Labute approximate surface area is 164 Å². The van der Waals surface area contributed by atoms with Gasteiger partial charge in [0.25, 0.3) is 0 Å². The van der Waals surface area contributed by atoms with Gasteiger partial charge in [0.2, 0.25) is 0 Å². The smallest absolute Gasteiger partial charge is 0.157 e. The molecular formula is C24H36O3. The third-order valence-corrected chi connectivity index (χ3v) is 9.25. The summed E-state index contributed by atoms with van der Waals surface area (Å²) in [4.78, 5) is 12.6. The predicted octanol–water partition coefficient (Wildman–Crippen LogP) is 5.43. The Kier molecular flexibility index (Phi) is 4.55. The highest BCUT2D eigenvalue weighted by atomic mass is 16.7. The van der Waals surface area contributed by atoms with E-state index in [1.165, 1.54) is 32.1 Å². The number of ketones is 1. The molecule has 1 heterocycles. The maximum atomic E-state index is 12.6. The summed E-state index contributed by atoms with van der Waals surface area (Å²) in [6.07, 6.45) is 15.4. The van der Waals surface area contributed by atoms with Crippen molar-refractivity contribution in [2.24, 2.45) is 28.6 Å². The third kappa shape index (κ3) is 2.87. The fourth-order valence-electron chi connectivity index (χ4n) is 7.55. The lowest BCUT2D eigenvalue weighted by molar-refractivity contribution is -0.195. The number of carbonyl (C=O) groups is 1. The molecule has 0 aromatic carbocycles. The fraction of sp³-hybridized carbons (Fsp3) is 0.875. The van der Waals surface area contributed by atoms with Gasteiger partial charge in [0.1, 0.15) is 5.78 Å². The number of hydrogen-bond acceptors (Lipinski definition) is 3. The molecule has 4 fully saturated rings. The first-order valence-corrected chi connectivity index (χ1v) is 11.5. The Morgan fingerprint density at radius 3 is 2.67 bits per heavy atom. The summed E-state index contributed by atoms with van der Waals surface area (Å²) >= 11 is 0. The van der Waals surface area contributed by atoms with Gasteiger partial charge in [0, 0.05) is 18.4 Å². The number of rotatable bonds is 2. The quantitative estimate of drug-likeness (QED) is 0.606. The van der Waals surface area contributed by atoms with Gasteiger partial charge in [0.15, 0.2) is 6.29 Å². The van der Waals surface area contributed by atoms with Crippen molar-refractivity contribution in [2.45, 2.75) is 96.9 Å². The zero-order valence-electron chi connectivity index (χ0n) is 17.2. The molecule has 27 heavy (non-hydrogen) atoms. The van der Waals surface area contributed by atoms with Crippen LogP contribution in [0.1, 0.15) is 84.5 Å². The number of Topliss-reactive ketones (excluding diaryl/α,β-unsaturated/α-hetero) is 1. The molecular weight excluding hydrogens is 336 g/mol. The number of allylic oxidation sites excluding steroid dienone is 1. The van der Waals surface area contributed by atoms with Crippen LogP contribution < -0.4 is 0 Å². The summed E-state index contributed by atoms with van der Waals surface area (Å²) in [6.45, 7) is 5.67. The molecule has 1 saturated heterocycles. The molecule has 3 heteroatoms. The summed E-state index contributed by atoms with van der Waals surface area (Å²) in [5.41, 5.74) is 1.98. The lowest BCUT2D eigenvalue weighted by Gasteiger charge is -2.57. The maximum Gasteiger partial charge on any atom is 0.157 e. The largest absolute Gasteiger partial charge is 0.353 e. The zero-order chi connectivity index (χ0) is 18.6. The highest BCUT2D eigenvalue weighted by Crippen LogP contribution is 2.64. The van der Waals surface area contributed by atoms with Crippen molar-refractivity contribution >= 4 is 5.78 Å². The Morgan fingerprint density at radius 1 is 1.04 bits per heavy atom. The molecule has 7 atom stereocenters. The first kappa shape index (κ1) is 18.4. The van der Waals surface area contributed by atoms with E-state index in [4.69, 9.17) is 9.47 Å². The molecule has 0 spiro atoms. The topological polar surface area (TPSA) is 35.5 Å². The van der Waals surface area contributed by atoms with Crippen LogP contribution in [0.4, 0.5) is 0 Å². The lowest BCUT2D eigenvalue weighted by atomic mass is 9.48. The van der Waals surface area contributed by atoms with Gasteiger partial charge in [-0.1, -0.05) is 25.5 Å². The van der Waals surface area contributed by atoms with Crippen molar-refractivity contribution in [2.75, 3.05) is 6.61 Å². The Hall–Kier alpha value is -0.670. The molecule has 0 radical (unpaired) electrons. The fourth-order valence-corrected chi connectivity index (χ4v) is 7.55. The molecule has 5 rings (SSSR count). The van der Waals surface area contributed by atoms with Crippen LogP contribution >= 0.6 is 0 Å². The Bertz CT molecular complexity index is 634. The zero-order valence-corrected chi connectivity index (χ0v) is 17.2. The van der Waals surface area contributed by atoms with E-state index >= 15 is 0 Å². The highest BCUT2D eigenvalue weighted by Gasteiger charge is 2.58. The normalized spacial score (nSPS) is 49.8. The molecule has 1 aliphatic heterocycles. The van der Waals surface area contributed by atoms with Crippen LogP contribution in [0.25, 0.3) is 0 Å². The third-order valence-electron chi connectivity index (χ3n) is 9.25. The molecule has 3 saturated carbocycles. The summed E-state index contributed by atoms with van der Waals surface area (Å²) in [5.74, 6) is 2.68. The van der Waals surface area contributed by atoms with Gasteiger partial charge in [0.05, 0.1) is 6.10 Å². The molecule has 0 N–H and O–H groups in total. The van der Waals surface area contributed by atoms with E-state index in [2.05, 4.69) is 19.9 Å². The van der Waals surface area contributed by atoms with Gasteiger partial charge in [-0.05, 0) is 87.4 Å². The van der Waals surface area contributed by atoms with Crippen LogP contribution in [-0.2, 0) is 14.3 Å². The molecule has 0 aromatic rings. The standard InChI is InChI=1S/C24H36O3/c1-23-12-10-17(27-22-5-3-4-14-26-22)15-16(23)6-7-18-19-8-9-21(25)24(19,2)13-11-20(18)23/h6,17-20,22H,3-5,7-15H2,1-2H3/t17-,18-,19-,20-,22-,23-,24-/m0/s1. The molecule has 0 unspecified atom stereocenters. The highest BCUT2D eigenvalue weighted by molar-refractivity contribution is 5.87. The van der Waals surface area contributed by atoms with Crippen molar-refractivity contribution in [1.29, 1.82) is 0 Å². The average molecular weight is 373 g/mol. The Balaban J connectivity index is 1.32. The van der Waals surface area contributed by atoms with Crippen LogP contribution in [-0.4, -0.2) is 24.8 Å². The molecule has 5 aliphatic rings. The van der Waals surface area contributed by atoms with Crippen LogP contribution in [0, 0.1) is 28.6 Å². The van der Waals surface area contributed by atoms with Gasteiger partial charge in [-0.3, -0.25) is 4.79 Å². The minimum atomic E-state index is -0.0124. The molecule has 4 aliphatic carbocycles. The molecule has 0 bridgehead atoms. The van der Waals surface area contributed by atoms with E-state index in [1.807, 2.05) is 0 Å². The van der Waals surface area contributed by atoms with Gasteiger partial charge in [-0.15, -0.1) is 0 Å². The van der Waals surface area contributed by atoms with Crippen LogP contribution in [0.3, 0.4) is 0 Å². The van der Waals surface area contributed by atoms with Crippen molar-refractivity contribution in [3.05, 3.63) is 11.6 Å². The molecule has 150 valence electrons. The molecule has 0 aromatic heterocycles. The first-order chi connectivity index (χ1) is 13.0. The van der Waals surface area contributed by atoms with Crippen molar-refractivity contribution in [3.8, 4) is 0 Å². The minimum Gasteiger partial charge on any atom is -0.353 e.